The maximum Gasteiger partial charge on any atom is 0.249 e. The molecule has 126 valence electrons. The van der Waals surface area contributed by atoms with Crippen molar-refractivity contribution in [1.29, 1.82) is 0 Å². The van der Waals surface area contributed by atoms with E-state index in [2.05, 4.69) is 5.32 Å². The lowest BCUT2D eigenvalue weighted by atomic mass is 9.91. The second kappa shape index (κ2) is 7.41. The molecule has 1 aliphatic heterocycles. The molecule has 3 N–H and O–H groups in total. The molecular formula is C18H25FN2O2. The lowest BCUT2D eigenvalue weighted by Crippen LogP contribution is -2.40. The van der Waals surface area contributed by atoms with Gasteiger partial charge in [0.15, 0.2) is 0 Å². The lowest BCUT2D eigenvalue weighted by Gasteiger charge is -2.26. The molecule has 1 amide bonds. The standard InChI is InChI=1S/C18H25FN2O2/c19-14-7-5-13(6-8-14)17(12-3-1-2-4-12)21-18(22)16-10-9-15(11-20)23-16/h5-8,12,15-17H,1-4,9-11,20H2,(H,21,22)/t15-,16+,17?/m1/s1. The summed E-state index contributed by atoms with van der Waals surface area (Å²) >= 11 is 0. The Morgan fingerprint density at radius 2 is 1.91 bits per heavy atom. The molecule has 1 saturated carbocycles. The van der Waals surface area contributed by atoms with Crippen molar-refractivity contribution in [2.24, 2.45) is 11.7 Å². The Bertz CT molecular complexity index is 528. The van der Waals surface area contributed by atoms with Crippen LogP contribution in [0, 0.1) is 11.7 Å². The van der Waals surface area contributed by atoms with Crippen molar-refractivity contribution in [3.63, 3.8) is 0 Å². The van der Waals surface area contributed by atoms with Gasteiger partial charge in [-0.3, -0.25) is 4.79 Å². The number of nitrogens with two attached hydrogens (primary N) is 1. The van der Waals surface area contributed by atoms with E-state index in [1.54, 1.807) is 12.1 Å². The molecule has 3 rings (SSSR count). The molecule has 1 aromatic rings. The highest BCUT2D eigenvalue weighted by Gasteiger charge is 2.34. The van der Waals surface area contributed by atoms with Gasteiger partial charge in [-0.1, -0.05) is 25.0 Å². The molecule has 2 fully saturated rings. The number of ether oxygens (including phenoxy) is 1. The number of hydrogen-bond donors (Lipinski definition) is 2. The third-order valence-electron chi connectivity index (χ3n) is 5.06. The van der Waals surface area contributed by atoms with Crippen LogP contribution in [0.25, 0.3) is 0 Å². The van der Waals surface area contributed by atoms with E-state index in [1.165, 1.54) is 25.0 Å². The fourth-order valence-electron chi connectivity index (χ4n) is 3.75. The van der Waals surface area contributed by atoms with Gasteiger partial charge in [0.1, 0.15) is 11.9 Å². The first-order valence-electron chi connectivity index (χ1n) is 8.58. The number of nitrogens with one attached hydrogen (secondary N) is 1. The summed E-state index contributed by atoms with van der Waals surface area (Å²) in [6.45, 7) is 0.452. The third-order valence-corrected chi connectivity index (χ3v) is 5.06. The van der Waals surface area contributed by atoms with Crippen LogP contribution in [0.4, 0.5) is 4.39 Å². The highest BCUT2D eigenvalue weighted by atomic mass is 19.1. The van der Waals surface area contributed by atoms with Crippen LogP contribution in [0.2, 0.25) is 0 Å². The minimum absolute atomic E-state index is 0.0125. The highest BCUT2D eigenvalue weighted by molar-refractivity contribution is 5.81. The molecule has 1 heterocycles. The fourth-order valence-corrected chi connectivity index (χ4v) is 3.75. The third kappa shape index (κ3) is 3.90. The van der Waals surface area contributed by atoms with E-state index in [9.17, 15) is 9.18 Å². The van der Waals surface area contributed by atoms with Crippen LogP contribution in [0.5, 0.6) is 0 Å². The zero-order chi connectivity index (χ0) is 16.2. The quantitative estimate of drug-likeness (QED) is 0.877. The summed E-state index contributed by atoms with van der Waals surface area (Å²) in [5.74, 6) is 0.0912. The van der Waals surface area contributed by atoms with E-state index in [-0.39, 0.29) is 23.9 Å². The van der Waals surface area contributed by atoms with Crippen molar-refractivity contribution in [3.8, 4) is 0 Å². The Balaban J connectivity index is 1.71. The number of benzene rings is 1. The minimum atomic E-state index is -0.409. The van der Waals surface area contributed by atoms with E-state index in [0.717, 1.165) is 24.8 Å². The van der Waals surface area contributed by atoms with Crippen LogP contribution >= 0.6 is 0 Å². The molecule has 2 aliphatic rings. The lowest BCUT2D eigenvalue weighted by molar-refractivity contribution is -0.133. The molecule has 0 aromatic heterocycles. The van der Waals surface area contributed by atoms with Crippen LogP contribution in [0.15, 0.2) is 24.3 Å². The van der Waals surface area contributed by atoms with Gasteiger partial charge >= 0.3 is 0 Å². The summed E-state index contributed by atoms with van der Waals surface area (Å²) in [5, 5.41) is 3.15. The molecule has 1 saturated heterocycles. The first-order valence-corrected chi connectivity index (χ1v) is 8.58. The van der Waals surface area contributed by atoms with Gasteiger partial charge in [-0.15, -0.1) is 0 Å². The Morgan fingerprint density at radius 1 is 1.22 bits per heavy atom. The molecule has 4 nitrogen and oxygen atoms in total. The average Bonchev–Trinajstić information content (AvgIpc) is 3.25. The SMILES string of the molecule is NC[C@H]1CC[C@@H](C(=O)NC(c2ccc(F)cc2)C2CCCC2)O1. The number of carbonyl (C=O) groups is 1. The van der Waals surface area contributed by atoms with E-state index in [1.807, 2.05) is 0 Å². The number of amides is 1. The fraction of sp³-hybridized carbons (Fsp3) is 0.611. The Hall–Kier alpha value is -1.46. The summed E-state index contributed by atoms with van der Waals surface area (Å²) in [5.41, 5.74) is 6.58. The molecule has 1 unspecified atom stereocenters. The summed E-state index contributed by atoms with van der Waals surface area (Å²) in [7, 11) is 0. The second-order valence-corrected chi connectivity index (χ2v) is 6.64. The van der Waals surface area contributed by atoms with Gasteiger partial charge in [0, 0.05) is 6.54 Å². The highest BCUT2D eigenvalue weighted by Crippen LogP contribution is 2.36. The van der Waals surface area contributed by atoms with Crippen molar-refractivity contribution in [2.75, 3.05) is 6.54 Å². The molecule has 5 heteroatoms. The van der Waals surface area contributed by atoms with E-state index < -0.39 is 6.10 Å². The van der Waals surface area contributed by atoms with Crippen LogP contribution in [0.1, 0.15) is 50.1 Å². The first-order chi connectivity index (χ1) is 11.2. The van der Waals surface area contributed by atoms with E-state index in [4.69, 9.17) is 10.5 Å². The van der Waals surface area contributed by atoms with Crippen molar-refractivity contribution < 1.29 is 13.9 Å². The molecule has 0 spiro atoms. The second-order valence-electron chi connectivity index (χ2n) is 6.64. The van der Waals surface area contributed by atoms with Crippen molar-refractivity contribution in [2.45, 2.75) is 56.8 Å². The summed E-state index contributed by atoms with van der Waals surface area (Å²) in [6, 6.07) is 6.40. The molecule has 1 aliphatic carbocycles. The number of hydrogen-bond acceptors (Lipinski definition) is 3. The topological polar surface area (TPSA) is 64.4 Å². The van der Waals surface area contributed by atoms with Crippen molar-refractivity contribution in [3.05, 3.63) is 35.6 Å². The zero-order valence-corrected chi connectivity index (χ0v) is 13.3. The predicted molar refractivity (Wildman–Crippen MR) is 86.2 cm³/mol. The number of rotatable bonds is 5. The van der Waals surface area contributed by atoms with E-state index >= 15 is 0 Å². The summed E-state index contributed by atoms with van der Waals surface area (Å²) in [4.78, 5) is 12.6. The smallest absolute Gasteiger partial charge is 0.249 e. The molecule has 3 atom stereocenters. The Kier molecular flexibility index (Phi) is 5.28. The molecule has 0 radical (unpaired) electrons. The van der Waals surface area contributed by atoms with Crippen LogP contribution in [0.3, 0.4) is 0 Å². The first kappa shape index (κ1) is 16.4. The maximum atomic E-state index is 13.2. The predicted octanol–water partition coefficient (Wildman–Crippen LogP) is 2.68. The molecule has 23 heavy (non-hydrogen) atoms. The largest absolute Gasteiger partial charge is 0.364 e. The number of halogens is 1. The summed E-state index contributed by atoms with van der Waals surface area (Å²) < 4.78 is 18.9. The van der Waals surface area contributed by atoms with Crippen LogP contribution < -0.4 is 11.1 Å². The van der Waals surface area contributed by atoms with E-state index in [0.29, 0.717) is 18.9 Å². The minimum Gasteiger partial charge on any atom is -0.364 e. The van der Waals surface area contributed by atoms with Gasteiger partial charge < -0.3 is 15.8 Å². The monoisotopic (exact) mass is 320 g/mol. The Labute approximate surface area is 136 Å². The van der Waals surface area contributed by atoms with Gasteiger partial charge in [0.25, 0.3) is 0 Å². The van der Waals surface area contributed by atoms with Crippen molar-refractivity contribution in [1.82, 2.24) is 5.32 Å². The van der Waals surface area contributed by atoms with Crippen LogP contribution in [-0.2, 0) is 9.53 Å². The van der Waals surface area contributed by atoms with Gasteiger partial charge in [0.2, 0.25) is 5.91 Å². The Morgan fingerprint density at radius 3 is 2.52 bits per heavy atom. The van der Waals surface area contributed by atoms with Gasteiger partial charge in [-0.2, -0.15) is 0 Å². The van der Waals surface area contributed by atoms with Crippen molar-refractivity contribution >= 4 is 5.91 Å². The van der Waals surface area contributed by atoms with Crippen LogP contribution in [-0.4, -0.2) is 24.7 Å². The molecular weight excluding hydrogens is 295 g/mol. The van der Waals surface area contributed by atoms with Gasteiger partial charge in [-0.05, 0) is 49.3 Å². The molecule has 0 bridgehead atoms. The average molecular weight is 320 g/mol. The number of carbonyl (C=O) groups excluding carboxylic acids is 1. The van der Waals surface area contributed by atoms with Gasteiger partial charge in [-0.25, -0.2) is 4.39 Å². The summed E-state index contributed by atoms with van der Waals surface area (Å²) in [6.07, 6.45) is 5.70. The normalized spacial score (nSPS) is 26.3. The van der Waals surface area contributed by atoms with Gasteiger partial charge in [0.05, 0.1) is 12.1 Å². The maximum absolute atomic E-state index is 13.2. The molecule has 1 aromatic carbocycles. The zero-order valence-electron chi connectivity index (χ0n) is 13.3.